The van der Waals surface area contributed by atoms with Crippen molar-refractivity contribution < 1.29 is 4.79 Å². The number of nitrogens with zero attached hydrogens (tertiary/aromatic N) is 2. The lowest BCUT2D eigenvalue weighted by atomic mass is 9.99. The lowest BCUT2D eigenvalue weighted by Gasteiger charge is -2.28. The number of carbonyl (C=O) groups excluding carboxylic acids is 1. The summed E-state index contributed by atoms with van der Waals surface area (Å²) in [5, 5.41) is 6.63. The molecule has 1 unspecified atom stereocenters. The third-order valence-electron chi connectivity index (χ3n) is 4.64. The molecule has 0 fully saturated rings. The molecule has 1 atom stereocenters. The van der Waals surface area contributed by atoms with Crippen LogP contribution in [0.1, 0.15) is 51.2 Å². The van der Waals surface area contributed by atoms with Crippen molar-refractivity contribution in [1.82, 2.24) is 15.5 Å². The van der Waals surface area contributed by atoms with Crippen molar-refractivity contribution in [3.63, 3.8) is 0 Å². The van der Waals surface area contributed by atoms with Crippen LogP contribution in [0.4, 0.5) is 0 Å². The van der Waals surface area contributed by atoms with Crippen LogP contribution >= 0.6 is 0 Å². The van der Waals surface area contributed by atoms with Crippen molar-refractivity contribution in [2.24, 2.45) is 4.99 Å². The number of hydrogen-bond donors (Lipinski definition) is 2. The first-order chi connectivity index (χ1) is 12.1. The van der Waals surface area contributed by atoms with Gasteiger partial charge in [0.15, 0.2) is 5.96 Å². The van der Waals surface area contributed by atoms with Gasteiger partial charge in [-0.1, -0.05) is 31.2 Å². The second-order valence-corrected chi connectivity index (χ2v) is 6.65. The molecule has 25 heavy (non-hydrogen) atoms. The van der Waals surface area contributed by atoms with Crippen LogP contribution in [0.5, 0.6) is 0 Å². The molecule has 5 nitrogen and oxygen atoms in total. The number of rotatable bonds is 7. The molecule has 138 valence electrons. The number of aliphatic imine (C=N–C) groups is 1. The highest BCUT2D eigenvalue weighted by atomic mass is 16.2. The quantitative estimate of drug-likeness (QED) is 0.454. The van der Waals surface area contributed by atoms with Crippen molar-refractivity contribution in [2.75, 3.05) is 19.6 Å². The van der Waals surface area contributed by atoms with Gasteiger partial charge in [-0.3, -0.25) is 9.79 Å². The summed E-state index contributed by atoms with van der Waals surface area (Å²) in [5.74, 6) is 1.08. The van der Waals surface area contributed by atoms with Crippen LogP contribution in [0.2, 0.25) is 0 Å². The van der Waals surface area contributed by atoms with Crippen molar-refractivity contribution in [2.45, 2.75) is 59.0 Å². The zero-order valence-electron chi connectivity index (χ0n) is 15.8. The third kappa shape index (κ3) is 6.07. The van der Waals surface area contributed by atoms with E-state index in [-0.39, 0.29) is 5.91 Å². The van der Waals surface area contributed by atoms with E-state index in [1.54, 1.807) is 0 Å². The van der Waals surface area contributed by atoms with Gasteiger partial charge in [0.25, 0.3) is 0 Å². The zero-order chi connectivity index (χ0) is 18.1. The van der Waals surface area contributed by atoms with Crippen molar-refractivity contribution in [3.8, 4) is 0 Å². The second-order valence-electron chi connectivity index (χ2n) is 6.65. The van der Waals surface area contributed by atoms with Crippen LogP contribution in [0.3, 0.4) is 0 Å². The highest BCUT2D eigenvalue weighted by Gasteiger charge is 2.19. The average molecular weight is 345 g/mol. The summed E-state index contributed by atoms with van der Waals surface area (Å²) in [7, 11) is 0. The Morgan fingerprint density at radius 2 is 2.04 bits per heavy atom. The molecule has 5 heteroatoms. The van der Waals surface area contributed by atoms with Crippen LogP contribution < -0.4 is 10.6 Å². The summed E-state index contributed by atoms with van der Waals surface area (Å²) in [5.41, 5.74) is 2.66. The maximum Gasteiger partial charge on any atom is 0.222 e. The Morgan fingerprint density at radius 3 is 2.76 bits per heavy atom. The van der Waals surface area contributed by atoms with Crippen LogP contribution in [0.15, 0.2) is 29.3 Å². The van der Waals surface area contributed by atoms with E-state index >= 15 is 0 Å². The summed E-state index contributed by atoms with van der Waals surface area (Å²) in [6.45, 7) is 9.44. The van der Waals surface area contributed by atoms with Gasteiger partial charge < -0.3 is 15.5 Å². The van der Waals surface area contributed by atoms with Crippen LogP contribution in [0, 0.1) is 0 Å². The molecule has 1 aromatic rings. The van der Waals surface area contributed by atoms with Gasteiger partial charge in [0, 0.05) is 38.6 Å². The van der Waals surface area contributed by atoms with Gasteiger partial charge in [-0.2, -0.15) is 0 Å². The van der Waals surface area contributed by atoms with Crippen molar-refractivity contribution >= 4 is 11.9 Å². The number of hydrogen-bond acceptors (Lipinski definition) is 2. The second kappa shape index (κ2) is 10.1. The van der Waals surface area contributed by atoms with E-state index in [1.165, 1.54) is 11.1 Å². The third-order valence-corrected chi connectivity index (χ3v) is 4.64. The minimum absolute atomic E-state index is 0.240. The van der Waals surface area contributed by atoms with Crippen molar-refractivity contribution in [1.29, 1.82) is 0 Å². The summed E-state index contributed by atoms with van der Waals surface area (Å²) in [4.78, 5) is 19.0. The first-order valence-corrected chi connectivity index (χ1v) is 9.53. The maximum absolute atomic E-state index is 12.4. The fourth-order valence-electron chi connectivity index (χ4n) is 2.94. The highest BCUT2D eigenvalue weighted by molar-refractivity contribution is 5.80. The van der Waals surface area contributed by atoms with Crippen molar-refractivity contribution in [3.05, 3.63) is 35.4 Å². The van der Waals surface area contributed by atoms with Gasteiger partial charge in [0.2, 0.25) is 5.91 Å². The smallest absolute Gasteiger partial charge is 0.222 e. The first kappa shape index (κ1) is 19.3. The Kier molecular flexibility index (Phi) is 7.76. The zero-order valence-corrected chi connectivity index (χ0v) is 15.8. The Balaban J connectivity index is 1.77. The maximum atomic E-state index is 12.4. The molecule has 2 rings (SSSR count). The van der Waals surface area contributed by atoms with E-state index in [0.29, 0.717) is 19.0 Å². The summed E-state index contributed by atoms with van der Waals surface area (Å²) >= 11 is 0. The van der Waals surface area contributed by atoms with Gasteiger partial charge in [-0.15, -0.1) is 0 Å². The lowest BCUT2D eigenvalue weighted by Crippen LogP contribution is -2.42. The highest BCUT2D eigenvalue weighted by Crippen LogP contribution is 2.19. The number of fused-ring (bicyclic) bond motifs is 1. The normalized spacial score (nSPS) is 15.5. The van der Waals surface area contributed by atoms with Gasteiger partial charge >= 0.3 is 0 Å². The molecule has 1 heterocycles. The van der Waals surface area contributed by atoms with Crippen LogP contribution in [0.25, 0.3) is 0 Å². The summed E-state index contributed by atoms with van der Waals surface area (Å²) < 4.78 is 0. The average Bonchev–Trinajstić information content (AvgIpc) is 2.64. The van der Waals surface area contributed by atoms with Crippen LogP contribution in [-0.2, 0) is 17.8 Å². The minimum atomic E-state index is 0.240. The number of guanidine groups is 1. The molecule has 2 N–H and O–H groups in total. The molecule has 0 spiro atoms. The Morgan fingerprint density at radius 1 is 1.28 bits per heavy atom. The van der Waals surface area contributed by atoms with Gasteiger partial charge in [-0.25, -0.2) is 0 Å². The first-order valence-electron chi connectivity index (χ1n) is 9.53. The molecule has 0 aromatic heterocycles. The van der Waals surface area contributed by atoms with E-state index in [4.69, 9.17) is 0 Å². The Bertz CT molecular complexity index is 585. The van der Waals surface area contributed by atoms with E-state index < -0.39 is 0 Å². The van der Waals surface area contributed by atoms with E-state index in [1.807, 2.05) is 11.0 Å². The number of benzene rings is 1. The number of nitrogens with one attached hydrogen (secondary N) is 2. The molecule has 1 aliphatic heterocycles. The van der Waals surface area contributed by atoms with Crippen LogP contribution in [-0.4, -0.2) is 42.4 Å². The number of carbonyl (C=O) groups is 1. The molecule has 1 aromatic carbocycles. The predicted octanol–water partition coefficient (Wildman–Crippen LogP) is 2.71. The molecular formula is C20H32N4O. The largest absolute Gasteiger partial charge is 0.357 e. The molecule has 1 amide bonds. The molecule has 0 radical (unpaired) electrons. The van der Waals surface area contributed by atoms with E-state index in [0.717, 1.165) is 44.9 Å². The standard InChI is InChI=1S/C20H32N4O/c1-4-16(3)23-20(21-5-2)22-13-8-11-19(25)24-14-12-17-9-6-7-10-18(17)15-24/h6-7,9-10,16H,4-5,8,11-15H2,1-3H3,(H2,21,22,23). The van der Waals surface area contributed by atoms with E-state index in [9.17, 15) is 4.79 Å². The van der Waals surface area contributed by atoms with Gasteiger partial charge in [-0.05, 0) is 44.2 Å². The Labute approximate surface area is 151 Å². The molecular weight excluding hydrogens is 312 g/mol. The molecule has 0 saturated carbocycles. The molecule has 0 bridgehead atoms. The van der Waals surface area contributed by atoms with E-state index in [2.05, 4.69) is 54.6 Å². The fourth-order valence-corrected chi connectivity index (χ4v) is 2.94. The predicted molar refractivity (Wildman–Crippen MR) is 104 cm³/mol. The fraction of sp³-hybridized carbons (Fsp3) is 0.600. The topological polar surface area (TPSA) is 56.7 Å². The SMILES string of the molecule is CCNC(=NCCCC(=O)N1CCc2ccccc2C1)NC(C)CC. The lowest BCUT2D eigenvalue weighted by molar-refractivity contribution is -0.132. The summed E-state index contributed by atoms with van der Waals surface area (Å²) in [6, 6.07) is 8.81. The van der Waals surface area contributed by atoms with Gasteiger partial charge in [0.05, 0.1) is 0 Å². The minimum Gasteiger partial charge on any atom is -0.357 e. The molecule has 0 saturated heterocycles. The van der Waals surface area contributed by atoms with Gasteiger partial charge in [0.1, 0.15) is 0 Å². The molecule has 0 aliphatic carbocycles. The summed E-state index contributed by atoms with van der Waals surface area (Å²) in [6.07, 6.45) is 3.37. The Hall–Kier alpha value is -2.04. The monoisotopic (exact) mass is 344 g/mol. The number of amides is 1. The molecule has 1 aliphatic rings.